The summed E-state index contributed by atoms with van der Waals surface area (Å²) in [6, 6.07) is 14.5. The Bertz CT molecular complexity index is 1020. The number of hydrogen-bond donors (Lipinski definition) is 2. The number of phenolic OH excluding ortho intramolecular Hbond substituents is 1. The number of nitrogens with zero attached hydrogens (tertiary/aromatic N) is 3. The lowest BCUT2D eigenvalue weighted by Gasteiger charge is -2.03. The van der Waals surface area contributed by atoms with Crippen LogP contribution in [-0.4, -0.2) is 40.1 Å². The number of aliphatic imine (C=N–C) groups is 2. The van der Waals surface area contributed by atoms with E-state index in [0.29, 0.717) is 24.3 Å². The van der Waals surface area contributed by atoms with Crippen LogP contribution < -0.4 is 5.56 Å². The number of aromatic nitrogens is 2. The Morgan fingerprint density at radius 2 is 1.92 bits per heavy atom. The van der Waals surface area contributed by atoms with Crippen molar-refractivity contribution in [3.63, 3.8) is 0 Å². The molecular formula is C20H20N4O2. The van der Waals surface area contributed by atoms with Gasteiger partial charge in [-0.05, 0) is 37.6 Å². The van der Waals surface area contributed by atoms with Gasteiger partial charge < -0.3 is 10.1 Å². The summed E-state index contributed by atoms with van der Waals surface area (Å²) >= 11 is 0. The van der Waals surface area contributed by atoms with Crippen molar-refractivity contribution in [1.82, 2.24) is 9.97 Å². The number of aromatic amines is 1. The third-order valence-corrected chi connectivity index (χ3v) is 3.93. The Morgan fingerprint density at radius 3 is 2.77 bits per heavy atom. The van der Waals surface area contributed by atoms with Crippen LogP contribution >= 0.6 is 0 Å². The van der Waals surface area contributed by atoms with Crippen molar-refractivity contribution < 1.29 is 5.11 Å². The zero-order valence-electron chi connectivity index (χ0n) is 14.5. The quantitative estimate of drug-likeness (QED) is 0.530. The summed E-state index contributed by atoms with van der Waals surface area (Å²) in [5.74, 6) is 0.230. The Labute approximate surface area is 151 Å². The highest BCUT2D eigenvalue weighted by Crippen LogP contribution is 2.16. The van der Waals surface area contributed by atoms with Crippen LogP contribution in [0.1, 0.15) is 24.6 Å². The summed E-state index contributed by atoms with van der Waals surface area (Å²) in [7, 11) is 0. The highest BCUT2D eigenvalue weighted by atomic mass is 16.3. The van der Waals surface area contributed by atoms with E-state index in [1.807, 2.05) is 43.3 Å². The first kappa shape index (κ1) is 17.5. The van der Waals surface area contributed by atoms with E-state index in [4.69, 9.17) is 0 Å². The minimum atomic E-state index is -0.249. The summed E-state index contributed by atoms with van der Waals surface area (Å²) in [6.45, 7) is 3.02. The monoisotopic (exact) mass is 348 g/mol. The molecule has 0 saturated carbocycles. The second-order valence-corrected chi connectivity index (χ2v) is 5.84. The summed E-state index contributed by atoms with van der Waals surface area (Å²) < 4.78 is 0. The fourth-order valence-corrected chi connectivity index (χ4v) is 2.56. The van der Waals surface area contributed by atoms with Gasteiger partial charge in [0.1, 0.15) is 11.4 Å². The maximum atomic E-state index is 12.0. The van der Waals surface area contributed by atoms with E-state index < -0.39 is 0 Å². The first-order valence-corrected chi connectivity index (χ1v) is 8.43. The minimum Gasteiger partial charge on any atom is -0.507 e. The SMILES string of the molecule is CC(=NCCCN=Cc1nc2ccccc2[nH]c1=O)c1ccccc1O. The topological polar surface area (TPSA) is 90.7 Å². The fraction of sp³-hybridized carbons (Fsp3) is 0.200. The number of hydrogen-bond acceptors (Lipinski definition) is 5. The summed E-state index contributed by atoms with van der Waals surface area (Å²) in [5.41, 5.74) is 3.03. The van der Waals surface area contributed by atoms with Crippen LogP contribution in [0.15, 0.2) is 63.3 Å². The van der Waals surface area contributed by atoms with E-state index in [1.54, 1.807) is 12.1 Å². The van der Waals surface area contributed by atoms with Crippen LogP contribution in [0, 0.1) is 0 Å². The molecule has 0 aliphatic rings. The molecule has 0 radical (unpaired) electrons. The molecule has 0 bridgehead atoms. The number of benzene rings is 2. The van der Waals surface area contributed by atoms with E-state index in [1.165, 1.54) is 6.21 Å². The third kappa shape index (κ3) is 4.22. The lowest BCUT2D eigenvalue weighted by Crippen LogP contribution is -2.14. The van der Waals surface area contributed by atoms with Crippen molar-refractivity contribution in [2.45, 2.75) is 13.3 Å². The van der Waals surface area contributed by atoms with E-state index >= 15 is 0 Å². The van der Waals surface area contributed by atoms with Gasteiger partial charge in [0.05, 0.1) is 17.2 Å². The zero-order valence-corrected chi connectivity index (χ0v) is 14.5. The molecule has 2 N–H and O–H groups in total. The van der Waals surface area contributed by atoms with Gasteiger partial charge in [0.2, 0.25) is 0 Å². The molecule has 6 heteroatoms. The zero-order chi connectivity index (χ0) is 18.4. The second kappa shape index (κ2) is 8.20. The van der Waals surface area contributed by atoms with Crippen LogP contribution in [0.3, 0.4) is 0 Å². The minimum absolute atomic E-state index is 0.230. The van der Waals surface area contributed by atoms with E-state index in [9.17, 15) is 9.90 Å². The highest BCUT2D eigenvalue weighted by Gasteiger charge is 2.03. The predicted molar refractivity (Wildman–Crippen MR) is 105 cm³/mol. The summed E-state index contributed by atoms with van der Waals surface area (Å²) in [6.07, 6.45) is 2.25. The smallest absolute Gasteiger partial charge is 0.275 e. The molecule has 3 rings (SSSR count). The van der Waals surface area contributed by atoms with Gasteiger partial charge in [0.15, 0.2) is 0 Å². The molecule has 6 nitrogen and oxygen atoms in total. The van der Waals surface area contributed by atoms with E-state index in [-0.39, 0.29) is 11.3 Å². The van der Waals surface area contributed by atoms with E-state index in [0.717, 1.165) is 23.2 Å². The van der Waals surface area contributed by atoms with Crippen molar-refractivity contribution in [3.05, 3.63) is 70.1 Å². The summed E-state index contributed by atoms with van der Waals surface area (Å²) in [5, 5.41) is 9.81. The van der Waals surface area contributed by atoms with Crippen LogP contribution in [0.25, 0.3) is 11.0 Å². The van der Waals surface area contributed by atoms with Crippen LogP contribution in [-0.2, 0) is 0 Å². The fourth-order valence-electron chi connectivity index (χ4n) is 2.56. The lowest BCUT2D eigenvalue weighted by molar-refractivity contribution is 0.474. The Hall–Kier alpha value is -3.28. The number of fused-ring (bicyclic) bond motifs is 1. The van der Waals surface area contributed by atoms with E-state index in [2.05, 4.69) is 20.0 Å². The van der Waals surface area contributed by atoms with Gasteiger partial charge in [-0.2, -0.15) is 0 Å². The number of phenols is 1. The molecule has 0 amide bonds. The van der Waals surface area contributed by atoms with Crippen LogP contribution in [0.2, 0.25) is 0 Å². The van der Waals surface area contributed by atoms with Crippen LogP contribution in [0.4, 0.5) is 0 Å². The number of nitrogens with one attached hydrogen (secondary N) is 1. The Balaban J connectivity index is 1.57. The maximum Gasteiger partial charge on any atom is 0.275 e. The van der Waals surface area contributed by atoms with Crippen LogP contribution in [0.5, 0.6) is 5.75 Å². The molecule has 26 heavy (non-hydrogen) atoms. The normalized spacial score (nSPS) is 12.1. The lowest BCUT2D eigenvalue weighted by atomic mass is 10.1. The van der Waals surface area contributed by atoms with Gasteiger partial charge in [-0.25, -0.2) is 4.98 Å². The number of H-pyrrole nitrogens is 1. The molecule has 1 heterocycles. The molecule has 0 aliphatic carbocycles. The predicted octanol–water partition coefficient (Wildman–Crippen LogP) is 2.95. The average Bonchev–Trinajstić information content (AvgIpc) is 2.65. The van der Waals surface area contributed by atoms with Crippen molar-refractivity contribution in [2.24, 2.45) is 9.98 Å². The molecule has 0 spiro atoms. The summed E-state index contributed by atoms with van der Waals surface area (Å²) in [4.78, 5) is 27.8. The number of para-hydroxylation sites is 3. The standard InChI is InChI=1S/C20H20N4O2/c1-14(15-7-2-5-10-19(15)25)22-12-6-11-21-13-18-20(26)24-17-9-4-3-8-16(17)23-18/h2-5,7-10,13,25H,6,11-12H2,1H3,(H,24,26). The Kier molecular flexibility index (Phi) is 5.53. The van der Waals surface area contributed by atoms with Gasteiger partial charge in [0.25, 0.3) is 5.56 Å². The second-order valence-electron chi connectivity index (χ2n) is 5.84. The number of rotatable bonds is 6. The number of aromatic hydroxyl groups is 1. The largest absolute Gasteiger partial charge is 0.507 e. The first-order chi connectivity index (χ1) is 12.6. The average molecular weight is 348 g/mol. The molecule has 2 aromatic carbocycles. The van der Waals surface area contributed by atoms with Crippen molar-refractivity contribution >= 4 is 23.0 Å². The Morgan fingerprint density at radius 1 is 1.15 bits per heavy atom. The van der Waals surface area contributed by atoms with Gasteiger partial charge in [-0.1, -0.05) is 24.3 Å². The molecule has 132 valence electrons. The highest BCUT2D eigenvalue weighted by molar-refractivity contribution is 6.00. The molecular weight excluding hydrogens is 328 g/mol. The molecule has 3 aromatic rings. The molecule has 0 fully saturated rings. The van der Waals surface area contributed by atoms with Crippen molar-refractivity contribution in [2.75, 3.05) is 13.1 Å². The molecule has 1 aromatic heterocycles. The molecule has 0 saturated heterocycles. The van der Waals surface area contributed by atoms with Crippen molar-refractivity contribution in [3.8, 4) is 5.75 Å². The first-order valence-electron chi connectivity index (χ1n) is 8.43. The van der Waals surface area contributed by atoms with Gasteiger partial charge in [0, 0.05) is 24.4 Å². The third-order valence-electron chi connectivity index (χ3n) is 3.93. The van der Waals surface area contributed by atoms with Gasteiger partial charge in [-0.3, -0.25) is 14.8 Å². The maximum absolute atomic E-state index is 12.0. The molecule has 0 unspecified atom stereocenters. The van der Waals surface area contributed by atoms with Gasteiger partial charge >= 0.3 is 0 Å². The van der Waals surface area contributed by atoms with Gasteiger partial charge in [-0.15, -0.1) is 0 Å². The van der Waals surface area contributed by atoms with Crippen molar-refractivity contribution in [1.29, 1.82) is 0 Å². The molecule has 0 atom stereocenters. The molecule has 0 aliphatic heterocycles.